The summed E-state index contributed by atoms with van der Waals surface area (Å²) in [6.07, 6.45) is 3.19. The molecule has 1 aliphatic carbocycles. The number of aliphatic carboxylic acids is 1. The zero-order chi connectivity index (χ0) is 13.1. The lowest BCUT2D eigenvalue weighted by Crippen LogP contribution is -2.42. The molecular formula is C12H15N3O3. The van der Waals surface area contributed by atoms with Crippen molar-refractivity contribution < 1.29 is 14.7 Å². The highest BCUT2D eigenvalue weighted by molar-refractivity contribution is 5.96. The number of amides is 1. The lowest BCUT2D eigenvalue weighted by molar-refractivity contribution is -0.139. The number of nitrogens with zero attached hydrogens (tertiary/aromatic N) is 1. The Labute approximate surface area is 104 Å². The number of aromatic nitrogens is 1. The molecule has 1 saturated carbocycles. The minimum Gasteiger partial charge on any atom is -0.480 e. The number of carbonyl (C=O) groups excluding carboxylic acids is 1. The molecule has 0 saturated heterocycles. The van der Waals surface area contributed by atoms with E-state index in [1.165, 1.54) is 6.20 Å². The van der Waals surface area contributed by atoms with Gasteiger partial charge in [0.2, 0.25) is 0 Å². The number of hydrogen-bond donors (Lipinski definition) is 3. The van der Waals surface area contributed by atoms with Gasteiger partial charge >= 0.3 is 5.97 Å². The Morgan fingerprint density at radius 2 is 2.28 bits per heavy atom. The molecule has 18 heavy (non-hydrogen) atoms. The van der Waals surface area contributed by atoms with Gasteiger partial charge in [0.25, 0.3) is 5.91 Å². The number of carboxylic acids is 1. The van der Waals surface area contributed by atoms with Crippen LogP contribution in [0.4, 0.5) is 0 Å². The van der Waals surface area contributed by atoms with Gasteiger partial charge in [-0.1, -0.05) is 0 Å². The molecule has 2 rings (SSSR count). The fourth-order valence-electron chi connectivity index (χ4n) is 1.77. The van der Waals surface area contributed by atoms with Crippen molar-refractivity contribution in [3.05, 3.63) is 29.6 Å². The van der Waals surface area contributed by atoms with E-state index < -0.39 is 17.9 Å². The van der Waals surface area contributed by atoms with Gasteiger partial charge < -0.3 is 16.2 Å². The van der Waals surface area contributed by atoms with Crippen molar-refractivity contribution >= 4 is 11.9 Å². The average molecular weight is 249 g/mol. The normalized spacial score (nSPS) is 16.1. The third-order valence-electron chi connectivity index (χ3n) is 2.93. The zero-order valence-corrected chi connectivity index (χ0v) is 9.80. The summed E-state index contributed by atoms with van der Waals surface area (Å²) in [6, 6.07) is 2.31. The lowest BCUT2D eigenvalue weighted by Gasteiger charge is -2.13. The quantitative estimate of drug-likeness (QED) is 0.688. The molecule has 0 spiro atoms. The van der Waals surface area contributed by atoms with Crippen molar-refractivity contribution in [2.75, 3.05) is 0 Å². The summed E-state index contributed by atoms with van der Waals surface area (Å²) in [6.45, 7) is 0.242. The maximum absolute atomic E-state index is 11.9. The first-order chi connectivity index (χ1) is 8.61. The molecule has 1 amide bonds. The molecule has 1 aromatic heterocycles. The molecule has 0 aliphatic heterocycles. The predicted molar refractivity (Wildman–Crippen MR) is 63.7 cm³/mol. The molecule has 4 N–H and O–H groups in total. The average Bonchev–Trinajstić information content (AvgIpc) is 3.19. The van der Waals surface area contributed by atoms with E-state index in [1.54, 1.807) is 12.1 Å². The first-order valence-electron chi connectivity index (χ1n) is 5.80. The minimum atomic E-state index is -0.987. The molecule has 96 valence electrons. The van der Waals surface area contributed by atoms with E-state index in [4.69, 9.17) is 10.8 Å². The van der Waals surface area contributed by atoms with Crippen LogP contribution in [0.3, 0.4) is 0 Å². The number of carboxylic acid groups (broad SMARTS) is 1. The van der Waals surface area contributed by atoms with Crippen molar-refractivity contribution in [1.29, 1.82) is 0 Å². The van der Waals surface area contributed by atoms with Gasteiger partial charge in [0, 0.05) is 18.3 Å². The van der Waals surface area contributed by atoms with Crippen LogP contribution in [0.15, 0.2) is 18.3 Å². The van der Waals surface area contributed by atoms with Crippen LogP contribution in [-0.2, 0) is 11.3 Å². The van der Waals surface area contributed by atoms with E-state index in [1.807, 2.05) is 0 Å². The Morgan fingerprint density at radius 1 is 1.56 bits per heavy atom. The van der Waals surface area contributed by atoms with Gasteiger partial charge in [0.15, 0.2) is 0 Å². The summed E-state index contributed by atoms with van der Waals surface area (Å²) in [5.74, 6) is -1.33. The first kappa shape index (κ1) is 12.5. The van der Waals surface area contributed by atoms with Crippen molar-refractivity contribution in [1.82, 2.24) is 10.3 Å². The molecule has 1 unspecified atom stereocenters. The predicted octanol–water partition coefficient (Wildman–Crippen LogP) is 0.133. The maximum atomic E-state index is 11.9. The molecule has 1 heterocycles. The smallest absolute Gasteiger partial charge is 0.326 e. The molecule has 0 bridgehead atoms. The molecule has 1 atom stereocenters. The standard InChI is InChI=1S/C12H15N3O3/c13-6-9-5-8(3-4-14-9)11(16)15-10(12(17)18)7-1-2-7/h3-5,7,10H,1-2,6,13H2,(H,15,16)(H,17,18). The maximum Gasteiger partial charge on any atom is 0.326 e. The van der Waals surface area contributed by atoms with Crippen LogP contribution >= 0.6 is 0 Å². The van der Waals surface area contributed by atoms with Crippen molar-refractivity contribution in [3.8, 4) is 0 Å². The van der Waals surface area contributed by atoms with Gasteiger partial charge in [-0.15, -0.1) is 0 Å². The van der Waals surface area contributed by atoms with E-state index in [0.29, 0.717) is 11.3 Å². The Morgan fingerprint density at radius 3 is 2.83 bits per heavy atom. The first-order valence-corrected chi connectivity index (χ1v) is 5.80. The number of nitrogens with two attached hydrogens (primary N) is 1. The van der Waals surface area contributed by atoms with Gasteiger partial charge in [-0.25, -0.2) is 4.79 Å². The largest absolute Gasteiger partial charge is 0.480 e. The van der Waals surface area contributed by atoms with Crippen LogP contribution in [0, 0.1) is 5.92 Å². The third-order valence-corrected chi connectivity index (χ3v) is 2.93. The number of carbonyl (C=O) groups is 2. The second-order valence-electron chi connectivity index (χ2n) is 4.37. The Bertz CT molecular complexity index is 471. The monoisotopic (exact) mass is 249 g/mol. The molecular weight excluding hydrogens is 234 g/mol. The summed E-state index contributed by atoms with van der Waals surface area (Å²) in [5.41, 5.74) is 6.42. The summed E-state index contributed by atoms with van der Waals surface area (Å²) < 4.78 is 0. The van der Waals surface area contributed by atoms with E-state index in [9.17, 15) is 9.59 Å². The van der Waals surface area contributed by atoms with Gasteiger partial charge in [-0.05, 0) is 30.9 Å². The number of pyridine rings is 1. The Balaban J connectivity index is 2.08. The SMILES string of the molecule is NCc1cc(C(=O)NC(C(=O)O)C2CC2)ccn1. The van der Waals surface area contributed by atoms with E-state index in [-0.39, 0.29) is 12.5 Å². The minimum absolute atomic E-state index is 0.0577. The number of nitrogens with one attached hydrogen (secondary N) is 1. The zero-order valence-electron chi connectivity index (χ0n) is 9.80. The van der Waals surface area contributed by atoms with E-state index in [2.05, 4.69) is 10.3 Å². The van der Waals surface area contributed by atoms with Crippen LogP contribution in [-0.4, -0.2) is 28.0 Å². The van der Waals surface area contributed by atoms with Gasteiger partial charge in [-0.2, -0.15) is 0 Å². The topological polar surface area (TPSA) is 105 Å². The summed E-state index contributed by atoms with van der Waals surface area (Å²) >= 11 is 0. The highest BCUT2D eigenvalue weighted by Crippen LogP contribution is 2.32. The van der Waals surface area contributed by atoms with Gasteiger partial charge in [0.05, 0.1) is 5.69 Å². The summed E-state index contributed by atoms with van der Waals surface area (Å²) in [7, 11) is 0. The highest BCUT2D eigenvalue weighted by atomic mass is 16.4. The highest BCUT2D eigenvalue weighted by Gasteiger charge is 2.37. The summed E-state index contributed by atoms with van der Waals surface area (Å²) in [4.78, 5) is 26.9. The Kier molecular flexibility index (Phi) is 3.57. The van der Waals surface area contributed by atoms with Gasteiger partial charge in [0.1, 0.15) is 6.04 Å². The molecule has 0 aromatic carbocycles. The van der Waals surface area contributed by atoms with E-state index >= 15 is 0 Å². The summed E-state index contributed by atoms with van der Waals surface area (Å²) in [5, 5.41) is 11.6. The Hall–Kier alpha value is -1.95. The molecule has 6 nitrogen and oxygen atoms in total. The second kappa shape index (κ2) is 5.14. The van der Waals surface area contributed by atoms with Crippen molar-refractivity contribution in [3.63, 3.8) is 0 Å². The second-order valence-corrected chi connectivity index (χ2v) is 4.37. The third kappa shape index (κ3) is 2.84. The molecule has 6 heteroatoms. The van der Waals surface area contributed by atoms with Gasteiger partial charge in [-0.3, -0.25) is 9.78 Å². The molecule has 0 radical (unpaired) electrons. The van der Waals surface area contributed by atoms with Crippen LogP contribution in [0.25, 0.3) is 0 Å². The van der Waals surface area contributed by atoms with E-state index in [0.717, 1.165) is 12.8 Å². The lowest BCUT2D eigenvalue weighted by atomic mass is 10.1. The van der Waals surface area contributed by atoms with Crippen LogP contribution in [0.2, 0.25) is 0 Å². The van der Waals surface area contributed by atoms with Crippen LogP contribution in [0.5, 0.6) is 0 Å². The molecule has 1 aliphatic rings. The van der Waals surface area contributed by atoms with Crippen LogP contribution in [0.1, 0.15) is 28.9 Å². The fraction of sp³-hybridized carbons (Fsp3) is 0.417. The molecule has 1 aromatic rings. The van der Waals surface area contributed by atoms with Crippen LogP contribution < -0.4 is 11.1 Å². The fourth-order valence-corrected chi connectivity index (χ4v) is 1.77. The van der Waals surface area contributed by atoms with Crippen molar-refractivity contribution in [2.24, 2.45) is 11.7 Å². The molecule has 1 fully saturated rings. The number of rotatable bonds is 5. The van der Waals surface area contributed by atoms with Crippen molar-refractivity contribution in [2.45, 2.75) is 25.4 Å². The number of hydrogen-bond acceptors (Lipinski definition) is 4.